The van der Waals surface area contributed by atoms with E-state index in [1.54, 1.807) is 0 Å². The van der Waals surface area contributed by atoms with Gasteiger partial charge in [0.2, 0.25) is 0 Å². The maximum atomic E-state index is 10.3. The van der Waals surface area contributed by atoms with Gasteiger partial charge in [-0.05, 0) is 6.42 Å². The summed E-state index contributed by atoms with van der Waals surface area (Å²) in [6.07, 6.45) is 6.14. The normalized spacial score (nSPS) is 10.6. The Balaban J connectivity index is 0.000000397. The fourth-order valence-electron chi connectivity index (χ4n) is 1.45. The summed E-state index contributed by atoms with van der Waals surface area (Å²) in [4.78, 5) is 0. The van der Waals surface area contributed by atoms with Gasteiger partial charge >= 0.3 is 0 Å². The molecule has 0 aromatic heterocycles. The van der Waals surface area contributed by atoms with E-state index in [1.807, 2.05) is 36.4 Å². The fourth-order valence-corrected chi connectivity index (χ4v) is 2.02. The van der Waals surface area contributed by atoms with Gasteiger partial charge in [0.25, 0.3) is 10.1 Å². The van der Waals surface area contributed by atoms with Crippen molar-refractivity contribution in [1.29, 1.82) is 0 Å². The standard InChI is InChI=1S/C8H18O3S.C6H6/c1-2-3-4-5-6-7-8-12(9,10)11;1-2-4-6-5-3-1/h2-8H2,1H3,(H,9,10,11);1-6H. The molecular formula is C14H24O3S. The van der Waals surface area contributed by atoms with Gasteiger partial charge < -0.3 is 0 Å². The Morgan fingerprint density at radius 1 is 0.778 bits per heavy atom. The Labute approximate surface area is 111 Å². The topological polar surface area (TPSA) is 54.4 Å². The minimum atomic E-state index is -3.72. The SMILES string of the molecule is CCCCCCCCS(=O)(=O)O.c1ccccc1. The first kappa shape index (κ1) is 17.1. The lowest BCUT2D eigenvalue weighted by molar-refractivity contribution is 0.478. The van der Waals surface area contributed by atoms with E-state index in [9.17, 15) is 8.42 Å². The van der Waals surface area contributed by atoms with E-state index in [-0.39, 0.29) is 5.75 Å². The van der Waals surface area contributed by atoms with E-state index in [2.05, 4.69) is 6.92 Å². The molecule has 0 aliphatic rings. The summed E-state index contributed by atoms with van der Waals surface area (Å²) in [6, 6.07) is 12.0. The minimum absolute atomic E-state index is 0.0842. The molecule has 0 unspecified atom stereocenters. The summed E-state index contributed by atoms with van der Waals surface area (Å²) in [5.74, 6) is -0.0842. The summed E-state index contributed by atoms with van der Waals surface area (Å²) in [5.41, 5.74) is 0. The van der Waals surface area contributed by atoms with Gasteiger partial charge in [0.15, 0.2) is 0 Å². The van der Waals surface area contributed by atoms with E-state index in [0.29, 0.717) is 6.42 Å². The van der Waals surface area contributed by atoms with Crippen LogP contribution in [0.1, 0.15) is 45.4 Å². The molecule has 0 bridgehead atoms. The van der Waals surface area contributed by atoms with Crippen molar-refractivity contribution in [3.05, 3.63) is 36.4 Å². The third-order valence-electron chi connectivity index (χ3n) is 2.42. The van der Waals surface area contributed by atoms with E-state index >= 15 is 0 Å². The Hall–Kier alpha value is -0.870. The van der Waals surface area contributed by atoms with Crippen LogP contribution in [0.15, 0.2) is 36.4 Å². The van der Waals surface area contributed by atoms with E-state index in [0.717, 1.165) is 12.8 Å². The average Bonchev–Trinajstić information content (AvgIpc) is 2.35. The minimum Gasteiger partial charge on any atom is -0.286 e. The smallest absolute Gasteiger partial charge is 0.264 e. The molecule has 104 valence electrons. The van der Waals surface area contributed by atoms with Crippen LogP contribution in [-0.2, 0) is 10.1 Å². The van der Waals surface area contributed by atoms with Crippen molar-refractivity contribution in [2.24, 2.45) is 0 Å². The molecule has 1 aromatic carbocycles. The highest BCUT2D eigenvalue weighted by Crippen LogP contribution is 2.05. The Bertz CT molecular complexity index is 333. The molecule has 18 heavy (non-hydrogen) atoms. The zero-order valence-corrected chi connectivity index (χ0v) is 11.9. The maximum Gasteiger partial charge on any atom is 0.264 e. The molecule has 0 amide bonds. The molecule has 0 fully saturated rings. The van der Waals surface area contributed by atoms with Crippen molar-refractivity contribution in [3.8, 4) is 0 Å². The second kappa shape index (κ2) is 11.2. The number of hydrogen-bond acceptors (Lipinski definition) is 2. The summed E-state index contributed by atoms with van der Waals surface area (Å²) in [7, 11) is -3.72. The Morgan fingerprint density at radius 3 is 1.56 bits per heavy atom. The predicted octanol–water partition coefficient (Wildman–Crippen LogP) is 3.92. The third kappa shape index (κ3) is 15.1. The maximum absolute atomic E-state index is 10.3. The van der Waals surface area contributed by atoms with Gasteiger partial charge in [0.1, 0.15) is 0 Å². The molecule has 3 nitrogen and oxygen atoms in total. The van der Waals surface area contributed by atoms with Crippen LogP contribution in [0.5, 0.6) is 0 Å². The highest BCUT2D eigenvalue weighted by Gasteiger charge is 2.02. The van der Waals surface area contributed by atoms with Crippen molar-refractivity contribution in [2.75, 3.05) is 5.75 Å². The summed E-state index contributed by atoms with van der Waals surface area (Å²) in [5, 5.41) is 0. The first-order chi connectivity index (χ1) is 8.56. The van der Waals surface area contributed by atoms with E-state index in [4.69, 9.17) is 4.55 Å². The van der Waals surface area contributed by atoms with Gasteiger partial charge in [-0.2, -0.15) is 8.42 Å². The second-order valence-corrected chi connectivity index (χ2v) is 5.78. The van der Waals surface area contributed by atoms with Gasteiger partial charge in [-0.15, -0.1) is 0 Å². The fraction of sp³-hybridized carbons (Fsp3) is 0.571. The Morgan fingerprint density at radius 2 is 1.17 bits per heavy atom. The Kier molecular flexibility index (Phi) is 10.7. The van der Waals surface area contributed by atoms with Crippen LogP contribution < -0.4 is 0 Å². The van der Waals surface area contributed by atoms with Gasteiger partial charge in [0, 0.05) is 0 Å². The molecule has 0 atom stereocenters. The largest absolute Gasteiger partial charge is 0.286 e. The molecule has 1 aromatic rings. The van der Waals surface area contributed by atoms with Gasteiger partial charge in [0.05, 0.1) is 5.75 Å². The molecular weight excluding hydrogens is 248 g/mol. The van der Waals surface area contributed by atoms with Crippen molar-refractivity contribution >= 4 is 10.1 Å². The molecule has 0 saturated heterocycles. The van der Waals surface area contributed by atoms with Crippen LogP contribution in [0, 0.1) is 0 Å². The molecule has 0 aliphatic heterocycles. The van der Waals surface area contributed by atoms with Crippen molar-refractivity contribution in [2.45, 2.75) is 45.4 Å². The van der Waals surface area contributed by atoms with Gasteiger partial charge in [-0.25, -0.2) is 0 Å². The number of unbranched alkanes of at least 4 members (excludes halogenated alkanes) is 5. The molecule has 0 aliphatic carbocycles. The predicted molar refractivity (Wildman–Crippen MR) is 76.2 cm³/mol. The molecule has 1 N–H and O–H groups in total. The molecule has 0 heterocycles. The van der Waals surface area contributed by atoms with Crippen LogP contribution in [-0.4, -0.2) is 18.7 Å². The van der Waals surface area contributed by atoms with Gasteiger partial charge in [-0.3, -0.25) is 4.55 Å². The van der Waals surface area contributed by atoms with Crippen LogP contribution >= 0.6 is 0 Å². The molecule has 0 spiro atoms. The zero-order chi connectivity index (χ0) is 13.7. The highest BCUT2D eigenvalue weighted by atomic mass is 32.2. The lowest BCUT2D eigenvalue weighted by Gasteiger charge is -1.98. The van der Waals surface area contributed by atoms with Crippen LogP contribution in [0.2, 0.25) is 0 Å². The van der Waals surface area contributed by atoms with Gasteiger partial charge in [-0.1, -0.05) is 75.4 Å². The summed E-state index contributed by atoms with van der Waals surface area (Å²) in [6.45, 7) is 2.14. The first-order valence-electron chi connectivity index (χ1n) is 6.51. The number of hydrogen-bond donors (Lipinski definition) is 1. The number of rotatable bonds is 7. The molecule has 4 heteroatoms. The summed E-state index contributed by atoms with van der Waals surface area (Å²) < 4.78 is 28.9. The summed E-state index contributed by atoms with van der Waals surface area (Å²) >= 11 is 0. The zero-order valence-electron chi connectivity index (χ0n) is 11.1. The number of benzene rings is 1. The second-order valence-electron chi connectivity index (χ2n) is 4.21. The van der Waals surface area contributed by atoms with Crippen LogP contribution in [0.25, 0.3) is 0 Å². The van der Waals surface area contributed by atoms with Crippen molar-refractivity contribution in [1.82, 2.24) is 0 Å². The van der Waals surface area contributed by atoms with Crippen LogP contribution in [0.4, 0.5) is 0 Å². The average molecular weight is 272 g/mol. The van der Waals surface area contributed by atoms with E-state index in [1.165, 1.54) is 19.3 Å². The lowest BCUT2D eigenvalue weighted by atomic mass is 10.1. The first-order valence-corrected chi connectivity index (χ1v) is 8.12. The van der Waals surface area contributed by atoms with E-state index < -0.39 is 10.1 Å². The molecule has 0 radical (unpaired) electrons. The quantitative estimate of drug-likeness (QED) is 0.604. The highest BCUT2D eigenvalue weighted by molar-refractivity contribution is 7.85. The van der Waals surface area contributed by atoms with Crippen LogP contribution in [0.3, 0.4) is 0 Å². The molecule has 1 rings (SSSR count). The molecule has 0 saturated carbocycles. The monoisotopic (exact) mass is 272 g/mol. The third-order valence-corrected chi connectivity index (χ3v) is 3.23. The van der Waals surface area contributed by atoms with Crippen molar-refractivity contribution in [3.63, 3.8) is 0 Å². The lowest BCUT2D eigenvalue weighted by Crippen LogP contribution is -2.03. The van der Waals surface area contributed by atoms with Crippen molar-refractivity contribution < 1.29 is 13.0 Å².